The van der Waals surface area contributed by atoms with Gasteiger partial charge in [0.05, 0.1) is 16.2 Å². The second-order valence-electron chi connectivity index (χ2n) is 8.25. The van der Waals surface area contributed by atoms with Crippen molar-refractivity contribution in [3.8, 4) is 11.1 Å². The Balaban J connectivity index is 1.47. The summed E-state index contributed by atoms with van der Waals surface area (Å²) in [5, 5.41) is 12.5. The van der Waals surface area contributed by atoms with Crippen molar-refractivity contribution in [2.24, 2.45) is 0 Å². The van der Waals surface area contributed by atoms with Crippen LogP contribution in [0.15, 0.2) is 88.8 Å². The van der Waals surface area contributed by atoms with Crippen LogP contribution in [0, 0.1) is 0 Å². The molecule has 1 amide bonds. The Hall–Kier alpha value is -3.91. The Morgan fingerprint density at radius 1 is 0.971 bits per heavy atom. The minimum atomic E-state index is -0.448. The summed E-state index contributed by atoms with van der Waals surface area (Å²) in [6, 6.07) is 25.2. The zero-order valence-electron chi connectivity index (χ0n) is 19.5. The number of nitrogens with one attached hydrogen (secondary N) is 1. The third kappa shape index (κ3) is 4.33. The van der Waals surface area contributed by atoms with E-state index in [0.717, 1.165) is 28.8 Å². The van der Waals surface area contributed by atoms with Gasteiger partial charge in [-0.3, -0.25) is 18.6 Å². The van der Waals surface area contributed by atoms with Gasteiger partial charge in [0.15, 0.2) is 5.16 Å². The molecule has 1 atom stereocenters. The second kappa shape index (κ2) is 9.76. The zero-order chi connectivity index (χ0) is 24.4. The van der Waals surface area contributed by atoms with E-state index in [9.17, 15) is 9.59 Å². The Labute approximate surface area is 206 Å². The molecule has 3 aromatic carbocycles. The normalized spacial score (nSPS) is 12.2. The molecule has 5 aromatic rings. The number of hydrogen-bond donors (Lipinski definition) is 1. The zero-order valence-corrected chi connectivity index (χ0v) is 20.3. The van der Waals surface area contributed by atoms with Gasteiger partial charge in [0.2, 0.25) is 11.7 Å². The summed E-state index contributed by atoms with van der Waals surface area (Å²) in [6.45, 7) is 4.41. The first kappa shape index (κ1) is 22.9. The van der Waals surface area contributed by atoms with Crippen LogP contribution in [0.3, 0.4) is 0 Å². The van der Waals surface area contributed by atoms with Gasteiger partial charge in [0.1, 0.15) is 0 Å². The van der Waals surface area contributed by atoms with E-state index in [2.05, 4.69) is 15.5 Å². The number of hydrogen-bond acceptors (Lipinski definition) is 5. The summed E-state index contributed by atoms with van der Waals surface area (Å²) >= 11 is 1.32. The first-order valence-corrected chi connectivity index (χ1v) is 12.4. The van der Waals surface area contributed by atoms with E-state index in [0.29, 0.717) is 22.9 Å². The molecule has 176 valence electrons. The van der Waals surface area contributed by atoms with Gasteiger partial charge in [-0.1, -0.05) is 79.3 Å². The third-order valence-corrected chi connectivity index (χ3v) is 6.89. The second-order valence-corrected chi connectivity index (χ2v) is 9.56. The number of nitrogens with zero attached hydrogens (tertiary/aromatic N) is 4. The van der Waals surface area contributed by atoms with E-state index in [1.54, 1.807) is 4.57 Å². The first-order valence-electron chi connectivity index (χ1n) is 11.6. The average molecular weight is 484 g/mol. The number of aryl methyl sites for hydroxylation is 1. The number of fused-ring (bicyclic) bond motifs is 3. The van der Waals surface area contributed by atoms with Crippen LogP contribution in [0.2, 0.25) is 0 Å². The molecule has 2 aromatic heterocycles. The van der Waals surface area contributed by atoms with Crippen molar-refractivity contribution in [1.29, 1.82) is 0 Å². The average Bonchev–Trinajstić information content (AvgIpc) is 3.30. The summed E-state index contributed by atoms with van der Waals surface area (Å²) in [5.41, 5.74) is 3.40. The summed E-state index contributed by atoms with van der Waals surface area (Å²) in [6.07, 6.45) is 0.795. The molecule has 0 fully saturated rings. The van der Waals surface area contributed by atoms with Crippen molar-refractivity contribution in [3.05, 3.63) is 89.2 Å². The number of carbonyl (C=O) groups is 1. The lowest BCUT2D eigenvalue weighted by molar-refractivity contribution is -0.115. The molecule has 0 saturated carbocycles. The predicted octanol–water partition coefficient (Wildman–Crippen LogP) is 5.24. The quantitative estimate of drug-likeness (QED) is 0.320. The monoisotopic (exact) mass is 483 g/mol. The van der Waals surface area contributed by atoms with Crippen LogP contribution in [0.25, 0.3) is 27.8 Å². The Bertz CT molecular complexity index is 1580. The fourth-order valence-electron chi connectivity index (χ4n) is 4.14. The van der Waals surface area contributed by atoms with E-state index in [1.165, 1.54) is 11.8 Å². The van der Waals surface area contributed by atoms with E-state index in [-0.39, 0.29) is 11.5 Å². The fourth-order valence-corrected chi connectivity index (χ4v) is 5.00. The lowest BCUT2D eigenvalue weighted by Crippen LogP contribution is -2.24. The predicted molar refractivity (Wildman–Crippen MR) is 141 cm³/mol. The van der Waals surface area contributed by atoms with Gasteiger partial charge in [-0.25, -0.2) is 0 Å². The molecular formula is C27H25N5O2S. The minimum Gasteiger partial charge on any atom is -0.325 e. The number of thioether (sulfide) groups is 1. The van der Waals surface area contributed by atoms with Gasteiger partial charge >= 0.3 is 0 Å². The van der Waals surface area contributed by atoms with Crippen LogP contribution in [-0.4, -0.2) is 30.3 Å². The van der Waals surface area contributed by atoms with Crippen LogP contribution in [-0.2, 0) is 11.3 Å². The molecule has 0 aliphatic heterocycles. The molecule has 0 radical (unpaired) electrons. The smallest absolute Gasteiger partial charge is 0.262 e. The topological polar surface area (TPSA) is 81.3 Å². The van der Waals surface area contributed by atoms with Gasteiger partial charge < -0.3 is 5.32 Å². The molecule has 7 nitrogen and oxygen atoms in total. The number of rotatable bonds is 7. The number of para-hydroxylation sites is 2. The number of benzene rings is 3. The minimum absolute atomic E-state index is 0.0813. The van der Waals surface area contributed by atoms with Gasteiger partial charge in [-0.2, -0.15) is 0 Å². The Morgan fingerprint density at radius 3 is 2.49 bits per heavy atom. The number of aromatic nitrogens is 4. The highest BCUT2D eigenvalue weighted by Crippen LogP contribution is 2.30. The Kier molecular flexibility index (Phi) is 6.37. The van der Waals surface area contributed by atoms with Crippen LogP contribution in [0.5, 0.6) is 0 Å². The molecule has 5 rings (SSSR count). The van der Waals surface area contributed by atoms with Crippen molar-refractivity contribution in [2.75, 3.05) is 5.32 Å². The fraction of sp³-hybridized carbons (Fsp3) is 0.185. The maximum atomic E-state index is 13.2. The lowest BCUT2D eigenvalue weighted by atomic mass is 10.0. The molecule has 0 saturated heterocycles. The van der Waals surface area contributed by atoms with Crippen LogP contribution < -0.4 is 10.9 Å². The summed E-state index contributed by atoms with van der Waals surface area (Å²) in [7, 11) is 0. The standard InChI is InChI=1S/C27H25N5O2S/c1-3-17-31-25(34)21-14-8-10-16-23(21)32-26(31)29-30-27(32)35-18(2)24(33)28-22-15-9-7-13-20(22)19-11-5-4-6-12-19/h4-16,18H,3,17H2,1-2H3,(H,28,33)/t18-/m0/s1. The van der Waals surface area contributed by atoms with Crippen molar-refractivity contribution >= 4 is 40.0 Å². The maximum Gasteiger partial charge on any atom is 0.262 e. The van der Waals surface area contributed by atoms with E-state index in [1.807, 2.05) is 97.1 Å². The van der Waals surface area contributed by atoms with Gasteiger partial charge in [0, 0.05) is 17.8 Å². The first-order chi connectivity index (χ1) is 17.1. The number of carbonyl (C=O) groups excluding carboxylic acids is 1. The largest absolute Gasteiger partial charge is 0.325 e. The molecule has 0 unspecified atom stereocenters. The molecular weight excluding hydrogens is 458 g/mol. The van der Waals surface area contributed by atoms with Gasteiger partial charge in [-0.05, 0) is 37.1 Å². The van der Waals surface area contributed by atoms with Crippen LogP contribution in [0.4, 0.5) is 5.69 Å². The number of anilines is 1. The summed E-state index contributed by atoms with van der Waals surface area (Å²) in [4.78, 5) is 26.2. The molecule has 2 heterocycles. The highest BCUT2D eigenvalue weighted by molar-refractivity contribution is 8.00. The van der Waals surface area contributed by atoms with E-state index >= 15 is 0 Å². The molecule has 0 aliphatic carbocycles. The Morgan fingerprint density at radius 2 is 1.69 bits per heavy atom. The van der Waals surface area contributed by atoms with Crippen molar-refractivity contribution < 1.29 is 4.79 Å². The highest BCUT2D eigenvalue weighted by atomic mass is 32.2. The van der Waals surface area contributed by atoms with E-state index in [4.69, 9.17) is 0 Å². The van der Waals surface area contributed by atoms with Crippen molar-refractivity contribution in [2.45, 2.75) is 37.2 Å². The molecule has 1 N–H and O–H groups in total. The lowest BCUT2D eigenvalue weighted by Gasteiger charge is -2.15. The van der Waals surface area contributed by atoms with E-state index < -0.39 is 5.25 Å². The van der Waals surface area contributed by atoms with Crippen LogP contribution in [0.1, 0.15) is 20.3 Å². The summed E-state index contributed by atoms with van der Waals surface area (Å²) in [5.74, 6) is 0.349. The molecule has 35 heavy (non-hydrogen) atoms. The third-order valence-electron chi connectivity index (χ3n) is 5.85. The summed E-state index contributed by atoms with van der Waals surface area (Å²) < 4.78 is 3.53. The maximum absolute atomic E-state index is 13.2. The van der Waals surface area contributed by atoms with Crippen molar-refractivity contribution in [3.63, 3.8) is 0 Å². The highest BCUT2D eigenvalue weighted by Gasteiger charge is 2.22. The number of amides is 1. The molecule has 0 spiro atoms. The molecule has 8 heteroatoms. The van der Waals surface area contributed by atoms with Crippen molar-refractivity contribution in [1.82, 2.24) is 19.2 Å². The van der Waals surface area contributed by atoms with Gasteiger partial charge in [0.25, 0.3) is 5.56 Å². The molecule has 0 bridgehead atoms. The van der Waals surface area contributed by atoms with Crippen LogP contribution >= 0.6 is 11.8 Å². The SMILES string of the molecule is CCCn1c(=O)c2ccccc2n2c(S[C@@H](C)C(=O)Nc3ccccc3-c3ccccc3)nnc12. The van der Waals surface area contributed by atoms with Gasteiger partial charge in [-0.15, -0.1) is 10.2 Å². The molecule has 0 aliphatic rings.